The third-order valence-electron chi connectivity index (χ3n) is 4.70. The Morgan fingerprint density at radius 1 is 1.12 bits per heavy atom. The highest BCUT2D eigenvalue weighted by Gasteiger charge is 2.26. The second-order valence-electron chi connectivity index (χ2n) is 7.91. The van der Waals surface area contributed by atoms with Gasteiger partial charge in [0.15, 0.2) is 0 Å². The molecule has 3 heterocycles. The Bertz CT molecular complexity index is 636. The van der Waals surface area contributed by atoms with Gasteiger partial charge in [-0.2, -0.15) is 0 Å². The third-order valence-corrected chi connectivity index (χ3v) is 4.98. The number of fused-ring (bicyclic) bond motifs is 1. The van der Waals surface area contributed by atoms with Crippen LogP contribution in [0.15, 0.2) is 6.07 Å². The van der Waals surface area contributed by atoms with Crippen molar-refractivity contribution in [1.29, 1.82) is 0 Å². The number of nitrogens with zero attached hydrogens (tertiary/aromatic N) is 3. The van der Waals surface area contributed by atoms with Crippen LogP contribution in [0.2, 0.25) is 5.02 Å². The van der Waals surface area contributed by atoms with Crippen LogP contribution in [0.1, 0.15) is 51.3 Å². The third kappa shape index (κ3) is 4.57. The fourth-order valence-electron chi connectivity index (χ4n) is 3.43. The van der Waals surface area contributed by atoms with Crippen LogP contribution in [0.5, 0.6) is 0 Å². The minimum absolute atomic E-state index is 0.248. The van der Waals surface area contributed by atoms with Crippen molar-refractivity contribution in [3.63, 3.8) is 0 Å². The van der Waals surface area contributed by atoms with Gasteiger partial charge in [-0.15, -0.1) is 0 Å². The average Bonchev–Trinajstić information content (AvgIpc) is 2.75. The first-order valence-corrected chi connectivity index (χ1v) is 9.62. The van der Waals surface area contributed by atoms with E-state index in [0.29, 0.717) is 13.1 Å². The SMILES string of the molecule is CC(C)(C)OC(=O)N1CCc2cc(Cl)c(N3CCCCC3)nc2CC1. The first-order chi connectivity index (χ1) is 11.8. The molecule has 1 fully saturated rings. The molecule has 0 atom stereocenters. The highest BCUT2D eigenvalue weighted by atomic mass is 35.5. The minimum atomic E-state index is -0.473. The number of carbonyl (C=O) groups excluding carboxylic acids is 1. The molecule has 1 aromatic rings. The molecule has 0 unspecified atom stereocenters. The van der Waals surface area contributed by atoms with Crippen molar-refractivity contribution >= 4 is 23.5 Å². The van der Waals surface area contributed by atoms with Gasteiger partial charge in [-0.1, -0.05) is 11.6 Å². The van der Waals surface area contributed by atoms with Gasteiger partial charge in [-0.25, -0.2) is 9.78 Å². The summed E-state index contributed by atoms with van der Waals surface area (Å²) in [6.45, 7) is 9.00. The monoisotopic (exact) mass is 365 g/mol. The standard InChI is InChI=1S/C19H28ClN3O2/c1-19(2,3)25-18(24)23-11-7-14-13-15(20)17(21-16(14)8-12-23)22-9-5-4-6-10-22/h13H,4-12H2,1-3H3. The molecular weight excluding hydrogens is 338 g/mol. The summed E-state index contributed by atoms with van der Waals surface area (Å²) >= 11 is 6.52. The van der Waals surface area contributed by atoms with Gasteiger partial charge >= 0.3 is 6.09 Å². The van der Waals surface area contributed by atoms with Crippen molar-refractivity contribution in [2.24, 2.45) is 0 Å². The lowest BCUT2D eigenvalue weighted by atomic mass is 10.1. The number of carbonyl (C=O) groups is 1. The second-order valence-corrected chi connectivity index (χ2v) is 8.32. The van der Waals surface area contributed by atoms with Crippen LogP contribution in [0.25, 0.3) is 0 Å². The molecule has 1 aromatic heterocycles. The first kappa shape index (κ1) is 18.3. The summed E-state index contributed by atoms with van der Waals surface area (Å²) in [6, 6.07) is 2.05. The van der Waals surface area contributed by atoms with E-state index in [2.05, 4.69) is 4.90 Å². The molecule has 6 heteroatoms. The number of pyridine rings is 1. The normalized spacial score (nSPS) is 18.6. The molecule has 2 aliphatic heterocycles. The summed E-state index contributed by atoms with van der Waals surface area (Å²) in [5.74, 6) is 0.908. The number of halogens is 1. The predicted molar refractivity (Wildman–Crippen MR) is 101 cm³/mol. The van der Waals surface area contributed by atoms with Gasteiger partial charge in [0.05, 0.1) is 5.02 Å². The average molecular weight is 366 g/mol. The lowest BCUT2D eigenvalue weighted by molar-refractivity contribution is 0.0258. The molecule has 5 nitrogen and oxygen atoms in total. The van der Waals surface area contributed by atoms with Gasteiger partial charge in [0.2, 0.25) is 0 Å². The van der Waals surface area contributed by atoms with Crippen molar-refractivity contribution in [3.8, 4) is 0 Å². The lowest BCUT2D eigenvalue weighted by Gasteiger charge is -2.29. The van der Waals surface area contributed by atoms with Crippen LogP contribution < -0.4 is 4.90 Å². The number of hydrogen-bond acceptors (Lipinski definition) is 4. The first-order valence-electron chi connectivity index (χ1n) is 9.25. The van der Waals surface area contributed by atoms with E-state index in [1.54, 1.807) is 4.90 Å². The molecule has 0 N–H and O–H groups in total. The van der Waals surface area contributed by atoms with E-state index in [-0.39, 0.29) is 6.09 Å². The maximum atomic E-state index is 12.3. The number of aromatic nitrogens is 1. The van der Waals surface area contributed by atoms with E-state index < -0.39 is 5.60 Å². The van der Waals surface area contributed by atoms with Crippen LogP contribution in [-0.4, -0.2) is 47.8 Å². The van der Waals surface area contributed by atoms with Crippen molar-refractivity contribution in [1.82, 2.24) is 9.88 Å². The fraction of sp³-hybridized carbons (Fsp3) is 0.684. The molecule has 0 aliphatic carbocycles. The lowest BCUT2D eigenvalue weighted by Crippen LogP contribution is -2.38. The van der Waals surface area contributed by atoms with E-state index >= 15 is 0 Å². The van der Waals surface area contributed by atoms with Crippen LogP contribution in [0, 0.1) is 0 Å². The molecular formula is C19H28ClN3O2. The van der Waals surface area contributed by atoms with Crippen LogP contribution in [0.4, 0.5) is 10.6 Å². The summed E-state index contributed by atoms with van der Waals surface area (Å²) in [5, 5.41) is 0.728. The molecule has 0 radical (unpaired) electrons. The Morgan fingerprint density at radius 2 is 1.80 bits per heavy atom. The fourth-order valence-corrected chi connectivity index (χ4v) is 3.72. The zero-order valence-corrected chi connectivity index (χ0v) is 16.2. The number of hydrogen-bond donors (Lipinski definition) is 0. The van der Waals surface area contributed by atoms with Crippen LogP contribution in [0.3, 0.4) is 0 Å². The van der Waals surface area contributed by atoms with Gasteiger partial charge in [-0.3, -0.25) is 0 Å². The molecule has 0 bridgehead atoms. The topological polar surface area (TPSA) is 45.7 Å². The Morgan fingerprint density at radius 3 is 2.48 bits per heavy atom. The summed E-state index contributed by atoms with van der Waals surface area (Å²) in [6.07, 6.45) is 4.93. The summed E-state index contributed by atoms with van der Waals surface area (Å²) in [7, 11) is 0. The summed E-state index contributed by atoms with van der Waals surface area (Å²) in [5.41, 5.74) is 1.74. The van der Waals surface area contributed by atoms with Gasteiger partial charge in [0, 0.05) is 38.3 Å². The number of piperidine rings is 1. The second kappa shape index (κ2) is 7.40. The Hall–Kier alpha value is -1.49. The number of anilines is 1. The van der Waals surface area contributed by atoms with E-state index in [0.717, 1.165) is 48.0 Å². The predicted octanol–water partition coefficient (Wildman–Crippen LogP) is 4.06. The zero-order chi connectivity index (χ0) is 18.0. The number of rotatable bonds is 1. The van der Waals surface area contributed by atoms with Crippen molar-refractivity contribution in [2.45, 2.75) is 58.5 Å². The molecule has 1 amide bonds. The molecule has 2 aliphatic rings. The van der Waals surface area contributed by atoms with Crippen LogP contribution in [-0.2, 0) is 17.6 Å². The van der Waals surface area contributed by atoms with Crippen molar-refractivity contribution < 1.29 is 9.53 Å². The van der Waals surface area contributed by atoms with Crippen molar-refractivity contribution in [3.05, 3.63) is 22.3 Å². The van der Waals surface area contributed by atoms with E-state index in [9.17, 15) is 4.79 Å². The van der Waals surface area contributed by atoms with E-state index in [1.807, 2.05) is 26.8 Å². The Balaban J connectivity index is 1.74. The molecule has 0 spiro atoms. The smallest absolute Gasteiger partial charge is 0.410 e. The molecule has 3 rings (SSSR count). The summed E-state index contributed by atoms with van der Waals surface area (Å²) < 4.78 is 5.51. The number of ether oxygens (including phenoxy) is 1. The van der Waals surface area contributed by atoms with Crippen molar-refractivity contribution in [2.75, 3.05) is 31.1 Å². The van der Waals surface area contributed by atoms with Gasteiger partial charge in [0.1, 0.15) is 11.4 Å². The highest BCUT2D eigenvalue weighted by molar-refractivity contribution is 6.33. The van der Waals surface area contributed by atoms with Gasteiger partial charge in [0.25, 0.3) is 0 Å². The van der Waals surface area contributed by atoms with Gasteiger partial charge < -0.3 is 14.5 Å². The summed E-state index contributed by atoms with van der Waals surface area (Å²) in [4.78, 5) is 21.3. The zero-order valence-electron chi connectivity index (χ0n) is 15.5. The Labute approximate surface area is 155 Å². The quantitative estimate of drug-likeness (QED) is 0.752. The van der Waals surface area contributed by atoms with E-state index in [1.165, 1.54) is 19.3 Å². The molecule has 0 saturated carbocycles. The Kier molecular flexibility index (Phi) is 5.42. The molecule has 1 saturated heterocycles. The largest absolute Gasteiger partial charge is 0.444 e. The number of amides is 1. The highest BCUT2D eigenvalue weighted by Crippen LogP contribution is 2.30. The minimum Gasteiger partial charge on any atom is -0.444 e. The van der Waals surface area contributed by atoms with E-state index in [4.69, 9.17) is 21.3 Å². The molecule has 138 valence electrons. The molecule has 0 aromatic carbocycles. The maximum absolute atomic E-state index is 12.3. The van der Waals surface area contributed by atoms with Gasteiger partial charge in [-0.05, 0) is 58.1 Å². The maximum Gasteiger partial charge on any atom is 0.410 e. The molecule has 25 heavy (non-hydrogen) atoms. The van der Waals surface area contributed by atoms with Crippen LogP contribution >= 0.6 is 11.6 Å².